The van der Waals surface area contributed by atoms with Gasteiger partial charge in [0, 0.05) is 19.1 Å². The molecule has 1 atom stereocenters. The first kappa shape index (κ1) is 19.4. The van der Waals surface area contributed by atoms with Gasteiger partial charge in [-0.2, -0.15) is 0 Å². The van der Waals surface area contributed by atoms with Gasteiger partial charge in [-0.25, -0.2) is 4.39 Å². The van der Waals surface area contributed by atoms with Gasteiger partial charge in [0.2, 0.25) is 5.91 Å². The van der Waals surface area contributed by atoms with Gasteiger partial charge in [-0.05, 0) is 65.5 Å². The summed E-state index contributed by atoms with van der Waals surface area (Å²) >= 11 is 3.12. The summed E-state index contributed by atoms with van der Waals surface area (Å²) in [6.45, 7) is 3.06. The molecule has 1 aromatic heterocycles. The first-order valence-corrected chi connectivity index (χ1v) is 9.55. The molecule has 1 aliphatic heterocycles. The summed E-state index contributed by atoms with van der Waals surface area (Å²) in [4.78, 5) is 26.0. The van der Waals surface area contributed by atoms with E-state index in [1.54, 1.807) is 12.1 Å². The van der Waals surface area contributed by atoms with Crippen LogP contribution >= 0.6 is 15.9 Å². The molecule has 2 N–H and O–H groups in total. The van der Waals surface area contributed by atoms with Gasteiger partial charge in [-0.15, -0.1) is 0 Å². The number of nitrogens with one attached hydrogen (secondary N) is 2. The highest BCUT2D eigenvalue weighted by Gasteiger charge is 2.23. The highest BCUT2D eigenvalue weighted by molar-refractivity contribution is 9.10. The van der Waals surface area contributed by atoms with Gasteiger partial charge in [0.25, 0.3) is 5.91 Å². The van der Waals surface area contributed by atoms with E-state index in [4.69, 9.17) is 4.42 Å². The van der Waals surface area contributed by atoms with E-state index < -0.39 is 5.91 Å². The van der Waals surface area contributed by atoms with E-state index in [1.807, 2.05) is 17.9 Å². The van der Waals surface area contributed by atoms with Crippen molar-refractivity contribution in [2.75, 3.05) is 24.5 Å². The topological polar surface area (TPSA) is 74.6 Å². The molecule has 0 saturated carbocycles. The summed E-state index contributed by atoms with van der Waals surface area (Å²) in [5.41, 5.74) is 1.55. The smallest absolute Gasteiger partial charge is 0.287 e. The predicted octanol–water partition coefficient (Wildman–Crippen LogP) is 3.00. The largest absolute Gasteiger partial charge is 0.444 e. The number of anilines is 1. The minimum absolute atomic E-state index is 0.0965. The number of carbonyl (C=O) groups is 2. The molecular weight excluding hydrogens is 417 g/mol. The second-order valence-electron chi connectivity index (χ2n) is 6.59. The number of piperidine rings is 1. The molecular formula is C19H21BrFN3O3. The Morgan fingerprint density at radius 3 is 2.89 bits per heavy atom. The Morgan fingerprint density at radius 1 is 1.33 bits per heavy atom. The fourth-order valence-electron chi connectivity index (χ4n) is 3.14. The fraction of sp³-hybridized carbons (Fsp3) is 0.368. The molecule has 1 fully saturated rings. The molecule has 6 nitrogen and oxygen atoms in total. The first-order valence-electron chi connectivity index (χ1n) is 8.76. The Balaban J connectivity index is 1.52. The molecule has 3 rings (SSSR count). The number of hydrogen-bond acceptors (Lipinski definition) is 4. The average Bonchev–Trinajstić information content (AvgIpc) is 3.08. The van der Waals surface area contributed by atoms with Gasteiger partial charge in [0.1, 0.15) is 5.82 Å². The number of amides is 2. The molecule has 27 heavy (non-hydrogen) atoms. The highest BCUT2D eigenvalue weighted by Crippen LogP contribution is 2.24. The summed E-state index contributed by atoms with van der Waals surface area (Å²) in [5.74, 6) is -0.869. The second kappa shape index (κ2) is 8.56. The van der Waals surface area contributed by atoms with Crippen LogP contribution in [0.5, 0.6) is 0 Å². The Hall–Kier alpha value is -2.35. The third-order valence-corrected chi connectivity index (χ3v) is 4.86. The minimum atomic E-state index is -0.456. The number of carbonyl (C=O) groups excluding carboxylic acids is 2. The molecule has 1 aromatic carbocycles. The summed E-state index contributed by atoms with van der Waals surface area (Å²) in [5, 5.41) is 5.43. The molecule has 144 valence electrons. The molecule has 1 saturated heterocycles. The highest BCUT2D eigenvalue weighted by atomic mass is 79.9. The molecule has 0 bridgehead atoms. The number of rotatable bonds is 5. The molecule has 0 aliphatic carbocycles. The average molecular weight is 438 g/mol. The maximum Gasteiger partial charge on any atom is 0.287 e. The van der Waals surface area contributed by atoms with Crippen molar-refractivity contribution in [3.8, 4) is 0 Å². The van der Waals surface area contributed by atoms with Crippen molar-refractivity contribution in [3.05, 3.63) is 52.1 Å². The van der Waals surface area contributed by atoms with Crippen LogP contribution in [0.25, 0.3) is 0 Å². The number of halogens is 2. The normalized spacial score (nSPS) is 16.9. The van der Waals surface area contributed by atoms with Crippen molar-refractivity contribution >= 4 is 33.4 Å². The van der Waals surface area contributed by atoms with Crippen molar-refractivity contribution in [3.63, 3.8) is 0 Å². The van der Waals surface area contributed by atoms with Gasteiger partial charge < -0.3 is 20.0 Å². The van der Waals surface area contributed by atoms with Crippen molar-refractivity contribution in [2.24, 2.45) is 0 Å². The van der Waals surface area contributed by atoms with Crippen LogP contribution in [-0.2, 0) is 4.79 Å². The van der Waals surface area contributed by atoms with E-state index >= 15 is 0 Å². The lowest BCUT2D eigenvalue weighted by Crippen LogP contribution is -2.50. The Morgan fingerprint density at radius 2 is 2.15 bits per heavy atom. The number of furan rings is 1. The zero-order valence-electron chi connectivity index (χ0n) is 14.9. The summed E-state index contributed by atoms with van der Waals surface area (Å²) in [6, 6.07) is 8.06. The predicted molar refractivity (Wildman–Crippen MR) is 103 cm³/mol. The van der Waals surface area contributed by atoms with E-state index in [2.05, 4.69) is 26.6 Å². The lowest BCUT2D eigenvalue weighted by Gasteiger charge is -2.35. The molecule has 2 amide bonds. The van der Waals surface area contributed by atoms with Gasteiger partial charge >= 0.3 is 0 Å². The van der Waals surface area contributed by atoms with E-state index in [1.165, 1.54) is 12.1 Å². The van der Waals surface area contributed by atoms with Crippen LogP contribution in [0.4, 0.5) is 10.1 Å². The lowest BCUT2D eigenvalue weighted by molar-refractivity contribution is -0.120. The van der Waals surface area contributed by atoms with E-state index in [-0.39, 0.29) is 30.1 Å². The van der Waals surface area contributed by atoms with Crippen LogP contribution in [0.15, 0.2) is 39.4 Å². The molecule has 0 spiro atoms. The molecule has 2 aromatic rings. The van der Waals surface area contributed by atoms with Crippen LogP contribution < -0.4 is 15.5 Å². The van der Waals surface area contributed by atoms with Gasteiger partial charge in [-0.1, -0.05) is 6.07 Å². The second-order valence-corrected chi connectivity index (χ2v) is 7.38. The molecule has 0 radical (unpaired) electrons. The Bertz CT molecular complexity index is 839. The van der Waals surface area contributed by atoms with Crippen molar-refractivity contribution in [1.29, 1.82) is 0 Å². The zero-order valence-corrected chi connectivity index (χ0v) is 16.5. The van der Waals surface area contributed by atoms with Crippen LogP contribution in [0.3, 0.4) is 0 Å². The number of hydrogen-bond donors (Lipinski definition) is 2. The third-order valence-electron chi connectivity index (χ3n) is 4.44. The lowest BCUT2D eigenvalue weighted by atomic mass is 10.0. The van der Waals surface area contributed by atoms with Gasteiger partial charge in [0.15, 0.2) is 10.4 Å². The van der Waals surface area contributed by atoms with Crippen LogP contribution in [0, 0.1) is 12.7 Å². The van der Waals surface area contributed by atoms with Gasteiger partial charge in [-0.3, -0.25) is 9.59 Å². The number of nitrogens with zero attached hydrogens (tertiary/aromatic N) is 1. The Kier molecular flexibility index (Phi) is 6.15. The Labute approximate surface area is 165 Å². The van der Waals surface area contributed by atoms with E-state index in [0.29, 0.717) is 16.9 Å². The van der Waals surface area contributed by atoms with Gasteiger partial charge in [0.05, 0.1) is 12.2 Å². The fourth-order valence-corrected chi connectivity index (χ4v) is 3.45. The molecule has 1 aliphatic rings. The molecule has 8 heteroatoms. The van der Waals surface area contributed by atoms with E-state index in [0.717, 1.165) is 24.9 Å². The van der Waals surface area contributed by atoms with Crippen LogP contribution in [0.2, 0.25) is 0 Å². The molecule has 1 unspecified atom stereocenters. The monoisotopic (exact) mass is 437 g/mol. The summed E-state index contributed by atoms with van der Waals surface area (Å²) in [7, 11) is 0. The maximum atomic E-state index is 14.1. The molecule has 2 heterocycles. The number of benzene rings is 1. The summed E-state index contributed by atoms with van der Waals surface area (Å²) < 4.78 is 19.7. The third kappa shape index (κ3) is 5.09. The van der Waals surface area contributed by atoms with E-state index in [9.17, 15) is 14.0 Å². The SMILES string of the molecule is Cc1ccc(F)c(N2CCCC(NC(=O)CNC(=O)c3ccc(Br)o3)C2)c1. The quantitative estimate of drug-likeness (QED) is 0.753. The van der Waals surface area contributed by atoms with Crippen LogP contribution in [0.1, 0.15) is 29.0 Å². The van der Waals surface area contributed by atoms with Crippen molar-refractivity contribution in [1.82, 2.24) is 10.6 Å². The standard InChI is InChI=1S/C19H21BrFN3O3/c1-12-4-5-14(21)15(9-12)24-8-2-3-13(11-24)23-18(25)10-22-19(26)16-6-7-17(20)27-16/h4-7,9,13H,2-3,8,10-11H2,1H3,(H,22,26)(H,23,25). The van der Waals surface area contributed by atoms with Crippen molar-refractivity contribution in [2.45, 2.75) is 25.8 Å². The van der Waals surface area contributed by atoms with Crippen molar-refractivity contribution < 1.29 is 18.4 Å². The summed E-state index contributed by atoms with van der Waals surface area (Å²) in [6.07, 6.45) is 1.67. The first-order chi connectivity index (χ1) is 12.9. The zero-order chi connectivity index (χ0) is 19.4. The minimum Gasteiger partial charge on any atom is -0.444 e. The van der Waals surface area contributed by atoms with Crippen LogP contribution in [-0.4, -0.2) is 37.5 Å². The maximum absolute atomic E-state index is 14.1. The number of aryl methyl sites for hydroxylation is 1.